The topological polar surface area (TPSA) is 75.3 Å². The molecule has 0 heterocycles. The third-order valence-electron chi connectivity index (χ3n) is 1.35. The second kappa shape index (κ2) is 3.19. The van der Waals surface area contributed by atoms with Crippen LogP contribution in [0.15, 0.2) is 18.2 Å². The molecule has 0 unspecified atom stereocenters. The van der Waals surface area contributed by atoms with Gasteiger partial charge in [0, 0.05) is 0 Å². The number of benzene rings is 1. The number of nitrogens with one attached hydrogen (secondary N) is 1. The minimum Gasteiger partial charge on any atom is -0.507 e. The Morgan fingerprint density at radius 1 is 1.58 bits per heavy atom. The summed E-state index contributed by atoms with van der Waals surface area (Å²) in [4.78, 5) is 10.8. The van der Waals surface area contributed by atoms with Crippen molar-refractivity contribution in [2.45, 2.75) is 0 Å². The Bertz CT molecular complexity index is 294. The lowest BCUT2D eigenvalue weighted by atomic mass is 10.2. The maximum absolute atomic E-state index is 12.8. The zero-order chi connectivity index (χ0) is 9.14. The highest BCUT2D eigenvalue weighted by atomic mass is 19.1. The van der Waals surface area contributed by atoms with Gasteiger partial charge in [-0.3, -0.25) is 10.2 Å². The first-order valence-electron chi connectivity index (χ1n) is 3.15. The van der Waals surface area contributed by atoms with Gasteiger partial charge in [-0.15, -0.1) is 0 Å². The molecule has 0 spiro atoms. The average molecular weight is 170 g/mol. The van der Waals surface area contributed by atoms with Gasteiger partial charge in [0.2, 0.25) is 0 Å². The Hall–Kier alpha value is -1.62. The SMILES string of the molecule is NNC(=O)c1c(O)cccc1F. The van der Waals surface area contributed by atoms with E-state index in [-0.39, 0.29) is 0 Å². The highest BCUT2D eigenvalue weighted by Gasteiger charge is 2.14. The van der Waals surface area contributed by atoms with Gasteiger partial charge in [0.25, 0.3) is 5.91 Å². The van der Waals surface area contributed by atoms with Crippen LogP contribution in [-0.2, 0) is 0 Å². The monoisotopic (exact) mass is 170 g/mol. The number of hydrazine groups is 1. The Balaban J connectivity index is 3.21. The fourth-order valence-electron chi connectivity index (χ4n) is 0.810. The van der Waals surface area contributed by atoms with Crippen molar-refractivity contribution in [1.82, 2.24) is 5.43 Å². The molecule has 64 valence electrons. The van der Waals surface area contributed by atoms with Crippen molar-refractivity contribution in [2.24, 2.45) is 5.84 Å². The molecule has 0 aliphatic heterocycles. The van der Waals surface area contributed by atoms with Crippen LogP contribution in [0.1, 0.15) is 10.4 Å². The number of halogens is 1. The molecule has 0 saturated heterocycles. The van der Waals surface area contributed by atoms with E-state index < -0.39 is 23.0 Å². The van der Waals surface area contributed by atoms with Crippen molar-refractivity contribution in [3.8, 4) is 5.75 Å². The molecule has 0 aliphatic rings. The number of aromatic hydroxyl groups is 1. The van der Waals surface area contributed by atoms with E-state index in [2.05, 4.69) is 0 Å². The lowest BCUT2D eigenvalue weighted by molar-refractivity contribution is 0.0946. The molecule has 0 aliphatic carbocycles. The van der Waals surface area contributed by atoms with Crippen LogP contribution in [0, 0.1) is 5.82 Å². The summed E-state index contributed by atoms with van der Waals surface area (Å²) in [5, 5.41) is 9.04. The summed E-state index contributed by atoms with van der Waals surface area (Å²) in [5.74, 6) is 2.67. The molecule has 1 rings (SSSR count). The summed E-state index contributed by atoms with van der Waals surface area (Å²) in [5.41, 5.74) is 1.28. The number of phenolic OH excluding ortho intramolecular Hbond substituents is 1. The molecule has 1 aromatic carbocycles. The number of rotatable bonds is 1. The minimum atomic E-state index is -0.856. The first-order chi connectivity index (χ1) is 5.66. The number of hydrogen-bond donors (Lipinski definition) is 3. The van der Waals surface area contributed by atoms with Gasteiger partial charge in [-0.2, -0.15) is 0 Å². The van der Waals surface area contributed by atoms with Crippen molar-refractivity contribution >= 4 is 5.91 Å². The molecule has 4 N–H and O–H groups in total. The lowest BCUT2D eigenvalue weighted by Crippen LogP contribution is -2.30. The van der Waals surface area contributed by atoms with E-state index in [0.717, 1.165) is 6.07 Å². The van der Waals surface area contributed by atoms with Crippen molar-refractivity contribution in [1.29, 1.82) is 0 Å². The molecule has 0 bridgehead atoms. The second-order valence-electron chi connectivity index (χ2n) is 2.11. The molecule has 1 amide bonds. The Morgan fingerprint density at radius 3 is 2.75 bits per heavy atom. The number of carbonyl (C=O) groups is 1. The minimum absolute atomic E-state index is 0.432. The van der Waals surface area contributed by atoms with Crippen LogP contribution in [0.2, 0.25) is 0 Å². The smallest absolute Gasteiger partial charge is 0.271 e. The Labute approximate surface area is 67.8 Å². The number of amides is 1. The summed E-state index contributed by atoms with van der Waals surface area (Å²) in [6, 6.07) is 3.55. The first kappa shape index (κ1) is 8.48. The molecule has 12 heavy (non-hydrogen) atoms. The van der Waals surface area contributed by atoms with Gasteiger partial charge in [-0.05, 0) is 12.1 Å². The summed E-state index contributed by atoms with van der Waals surface area (Å²) in [6.45, 7) is 0. The molecular formula is C7H7FN2O2. The van der Waals surface area contributed by atoms with Crippen LogP contribution in [0.5, 0.6) is 5.75 Å². The highest BCUT2D eigenvalue weighted by molar-refractivity contribution is 5.96. The zero-order valence-corrected chi connectivity index (χ0v) is 6.04. The van der Waals surface area contributed by atoms with Gasteiger partial charge in [-0.25, -0.2) is 10.2 Å². The Kier molecular flexibility index (Phi) is 2.25. The normalized spacial score (nSPS) is 9.50. The fourth-order valence-corrected chi connectivity index (χ4v) is 0.810. The van der Waals surface area contributed by atoms with Gasteiger partial charge in [0.15, 0.2) is 0 Å². The van der Waals surface area contributed by atoms with Crippen molar-refractivity contribution < 1.29 is 14.3 Å². The van der Waals surface area contributed by atoms with Crippen molar-refractivity contribution in [3.05, 3.63) is 29.6 Å². The fraction of sp³-hybridized carbons (Fsp3) is 0. The van der Waals surface area contributed by atoms with E-state index in [9.17, 15) is 9.18 Å². The first-order valence-corrected chi connectivity index (χ1v) is 3.15. The second-order valence-corrected chi connectivity index (χ2v) is 2.11. The number of nitrogen functional groups attached to an aromatic ring is 1. The molecule has 4 nitrogen and oxygen atoms in total. The zero-order valence-electron chi connectivity index (χ0n) is 6.04. The van der Waals surface area contributed by atoms with Crippen LogP contribution in [0.25, 0.3) is 0 Å². The van der Waals surface area contributed by atoms with Crippen molar-refractivity contribution in [3.63, 3.8) is 0 Å². The van der Waals surface area contributed by atoms with Crippen LogP contribution < -0.4 is 11.3 Å². The van der Waals surface area contributed by atoms with Crippen LogP contribution >= 0.6 is 0 Å². The lowest BCUT2D eigenvalue weighted by Gasteiger charge is -2.02. The molecule has 1 aromatic rings. The van der Waals surface area contributed by atoms with Gasteiger partial charge in [-0.1, -0.05) is 6.07 Å². The quantitative estimate of drug-likeness (QED) is 0.318. The average Bonchev–Trinajstić information content (AvgIpc) is 2.03. The Morgan fingerprint density at radius 2 is 2.25 bits per heavy atom. The maximum Gasteiger partial charge on any atom is 0.271 e. The molecule has 0 saturated carbocycles. The van der Waals surface area contributed by atoms with Gasteiger partial charge in [0.05, 0.1) is 0 Å². The molecule has 0 atom stereocenters. The molecular weight excluding hydrogens is 163 g/mol. The molecule has 5 heteroatoms. The van der Waals surface area contributed by atoms with Gasteiger partial charge < -0.3 is 5.11 Å². The maximum atomic E-state index is 12.8. The summed E-state index contributed by atoms with van der Waals surface area (Å²) < 4.78 is 12.8. The van der Waals surface area contributed by atoms with Gasteiger partial charge in [0.1, 0.15) is 17.1 Å². The molecule has 0 fully saturated rings. The summed E-state index contributed by atoms with van der Waals surface area (Å²) in [7, 11) is 0. The van der Waals surface area contributed by atoms with Crippen LogP contribution in [0.4, 0.5) is 4.39 Å². The van der Waals surface area contributed by atoms with E-state index in [1.54, 1.807) is 5.43 Å². The number of carbonyl (C=O) groups excluding carboxylic acids is 1. The van der Waals surface area contributed by atoms with E-state index in [1.165, 1.54) is 12.1 Å². The third kappa shape index (κ3) is 1.35. The van der Waals surface area contributed by atoms with E-state index >= 15 is 0 Å². The third-order valence-corrected chi connectivity index (χ3v) is 1.35. The molecule has 0 aromatic heterocycles. The highest BCUT2D eigenvalue weighted by Crippen LogP contribution is 2.18. The van der Waals surface area contributed by atoms with E-state index in [0.29, 0.717) is 0 Å². The van der Waals surface area contributed by atoms with E-state index in [4.69, 9.17) is 10.9 Å². The van der Waals surface area contributed by atoms with E-state index in [1.807, 2.05) is 0 Å². The summed E-state index contributed by atoms with van der Waals surface area (Å²) in [6.07, 6.45) is 0. The summed E-state index contributed by atoms with van der Waals surface area (Å²) >= 11 is 0. The van der Waals surface area contributed by atoms with Crippen LogP contribution in [0.3, 0.4) is 0 Å². The number of phenols is 1. The predicted molar refractivity (Wildman–Crippen MR) is 39.7 cm³/mol. The van der Waals surface area contributed by atoms with Crippen molar-refractivity contribution in [2.75, 3.05) is 0 Å². The van der Waals surface area contributed by atoms with Crippen LogP contribution in [-0.4, -0.2) is 11.0 Å². The number of hydrogen-bond acceptors (Lipinski definition) is 3. The standard InChI is InChI=1S/C7H7FN2O2/c8-4-2-1-3-5(11)6(4)7(12)10-9/h1-3,11H,9H2,(H,10,12). The molecule has 0 radical (unpaired) electrons. The number of nitrogens with two attached hydrogens (primary N) is 1. The van der Waals surface area contributed by atoms with Gasteiger partial charge >= 0.3 is 0 Å². The predicted octanol–water partition coefficient (Wildman–Crippen LogP) is 0.135. The largest absolute Gasteiger partial charge is 0.507 e.